The fourth-order valence-corrected chi connectivity index (χ4v) is 1.76. The number of aryl methyl sites for hydroxylation is 1. The summed E-state index contributed by atoms with van der Waals surface area (Å²) >= 11 is 1.19. The molecule has 1 amide bonds. The molecule has 1 aromatic rings. The molecule has 0 aliphatic carbocycles. The number of hydrogen-bond donors (Lipinski definition) is 2. The number of rotatable bonds is 5. The maximum atomic E-state index is 11.3. The number of tetrazole rings is 1. The van der Waals surface area contributed by atoms with Crippen LogP contribution in [0.25, 0.3) is 0 Å². The number of nitrogens with zero attached hydrogens (tertiary/aromatic N) is 4. The van der Waals surface area contributed by atoms with E-state index in [4.69, 9.17) is 10.6 Å². The number of carbonyl (C=O) groups excluding carboxylic acids is 1. The van der Waals surface area contributed by atoms with Gasteiger partial charge in [0.1, 0.15) is 5.25 Å². The summed E-state index contributed by atoms with van der Waals surface area (Å²) in [7, 11) is 3.19. The molecule has 0 spiro atoms. The second kappa shape index (κ2) is 5.63. The summed E-state index contributed by atoms with van der Waals surface area (Å²) in [6, 6.07) is 0. The second-order valence-corrected chi connectivity index (χ2v) is 3.83. The third kappa shape index (κ3) is 3.15. The van der Waals surface area contributed by atoms with Crippen LogP contribution in [0.3, 0.4) is 0 Å². The Bertz CT molecular complexity index is 329. The normalized spacial score (nSPS) is 12.5. The van der Waals surface area contributed by atoms with Crippen LogP contribution in [0.2, 0.25) is 0 Å². The first-order valence-corrected chi connectivity index (χ1v) is 4.95. The van der Waals surface area contributed by atoms with E-state index in [1.807, 2.05) is 0 Å². The number of hydrazine groups is 1. The van der Waals surface area contributed by atoms with Crippen LogP contribution in [0.4, 0.5) is 0 Å². The van der Waals surface area contributed by atoms with Crippen molar-refractivity contribution in [3.8, 4) is 0 Å². The molecule has 1 atom stereocenters. The number of carbonyl (C=O) groups is 1. The van der Waals surface area contributed by atoms with Crippen molar-refractivity contribution >= 4 is 17.7 Å². The van der Waals surface area contributed by atoms with Crippen molar-refractivity contribution in [1.82, 2.24) is 25.6 Å². The van der Waals surface area contributed by atoms with Gasteiger partial charge in [0.15, 0.2) is 0 Å². The van der Waals surface area contributed by atoms with Crippen LogP contribution in [0, 0.1) is 0 Å². The summed E-state index contributed by atoms with van der Waals surface area (Å²) in [6.45, 7) is 0.237. The van der Waals surface area contributed by atoms with E-state index in [0.29, 0.717) is 5.16 Å². The fraction of sp³-hybridized carbons (Fsp3) is 0.667. The lowest BCUT2D eigenvalue weighted by Gasteiger charge is -2.11. The molecular weight excluding hydrogens is 220 g/mol. The van der Waals surface area contributed by atoms with Gasteiger partial charge in [-0.1, -0.05) is 11.8 Å². The topological polar surface area (TPSA) is 108 Å². The Balaban J connectivity index is 2.66. The van der Waals surface area contributed by atoms with Crippen molar-refractivity contribution in [1.29, 1.82) is 0 Å². The van der Waals surface area contributed by atoms with Crippen molar-refractivity contribution in [2.75, 3.05) is 13.7 Å². The lowest BCUT2D eigenvalue weighted by molar-refractivity contribution is -0.121. The number of thioether (sulfide) groups is 1. The molecule has 0 bridgehead atoms. The molecule has 15 heavy (non-hydrogen) atoms. The van der Waals surface area contributed by atoms with Crippen LogP contribution in [-0.2, 0) is 16.6 Å². The highest BCUT2D eigenvalue weighted by atomic mass is 32.2. The Labute approximate surface area is 90.5 Å². The summed E-state index contributed by atoms with van der Waals surface area (Å²) in [5.41, 5.74) is 2.06. The lowest BCUT2D eigenvalue weighted by atomic mass is 10.4. The summed E-state index contributed by atoms with van der Waals surface area (Å²) in [6.07, 6.45) is 0. The standard InChI is InChI=1S/C6H12N6O2S/c1-12-6(9-10-11-12)15-4(3-14-2)5(13)8-7/h4H,3,7H2,1-2H3,(H,8,13). The Hall–Kier alpha value is -1.19. The smallest absolute Gasteiger partial charge is 0.249 e. The van der Waals surface area contributed by atoms with E-state index in [1.54, 1.807) is 7.05 Å². The maximum Gasteiger partial charge on any atom is 0.249 e. The first-order chi connectivity index (χ1) is 7.19. The fourth-order valence-electron chi connectivity index (χ4n) is 0.856. The van der Waals surface area contributed by atoms with E-state index < -0.39 is 5.25 Å². The van der Waals surface area contributed by atoms with Gasteiger partial charge in [-0.2, -0.15) is 0 Å². The van der Waals surface area contributed by atoms with E-state index in [0.717, 1.165) is 0 Å². The summed E-state index contributed by atoms with van der Waals surface area (Å²) in [5.74, 6) is 4.71. The van der Waals surface area contributed by atoms with E-state index in [9.17, 15) is 4.79 Å². The predicted molar refractivity (Wildman–Crippen MR) is 52.6 cm³/mol. The minimum atomic E-state index is -0.468. The second-order valence-electron chi connectivity index (χ2n) is 2.66. The number of hydrogen-bond acceptors (Lipinski definition) is 7. The van der Waals surface area contributed by atoms with E-state index in [1.165, 1.54) is 23.6 Å². The molecule has 0 aliphatic heterocycles. The lowest BCUT2D eigenvalue weighted by Crippen LogP contribution is -2.39. The van der Waals surface area contributed by atoms with Crippen molar-refractivity contribution in [2.45, 2.75) is 10.4 Å². The highest BCUT2D eigenvalue weighted by Crippen LogP contribution is 2.19. The van der Waals surface area contributed by atoms with Gasteiger partial charge < -0.3 is 4.74 Å². The average molecular weight is 232 g/mol. The highest BCUT2D eigenvalue weighted by molar-refractivity contribution is 8.00. The van der Waals surface area contributed by atoms with Crippen molar-refractivity contribution in [3.63, 3.8) is 0 Å². The van der Waals surface area contributed by atoms with Crippen LogP contribution in [0.5, 0.6) is 0 Å². The number of methoxy groups -OCH3 is 1. The molecule has 0 saturated heterocycles. The molecule has 0 radical (unpaired) electrons. The first kappa shape index (κ1) is 11.9. The maximum absolute atomic E-state index is 11.3. The molecule has 84 valence electrons. The number of nitrogens with two attached hydrogens (primary N) is 1. The molecular formula is C6H12N6O2S. The predicted octanol–water partition coefficient (Wildman–Crippen LogP) is -1.69. The van der Waals surface area contributed by atoms with Gasteiger partial charge >= 0.3 is 0 Å². The quantitative estimate of drug-likeness (QED) is 0.270. The first-order valence-electron chi connectivity index (χ1n) is 4.07. The number of nitrogens with one attached hydrogen (secondary N) is 1. The van der Waals surface area contributed by atoms with Gasteiger partial charge in [0.25, 0.3) is 0 Å². The van der Waals surface area contributed by atoms with Crippen molar-refractivity contribution in [3.05, 3.63) is 0 Å². The number of amides is 1. The SMILES string of the molecule is COCC(Sc1nnnn1C)C(=O)NN. The molecule has 1 rings (SSSR count). The Morgan fingerprint density at radius 2 is 2.53 bits per heavy atom. The van der Waals surface area contributed by atoms with Crippen molar-refractivity contribution < 1.29 is 9.53 Å². The van der Waals surface area contributed by atoms with Gasteiger partial charge in [-0.25, -0.2) is 10.5 Å². The highest BCUT2D eigenvalue weighted by Gasteiger charge is 2.21. The molecule has 0 fully saturated rings. The molecule has 8 nitrogen and oxygen atoms in total. The van der Waals surface area contributed by atoms with Crippen LogP contribution in [0.15, 0.2) is 5.16 Å². The van der Waals surface area contributed by atoms with Gasteiger partial charge in [-0.15, -0.1) is 5.10 Å². The molecule has 0 saturated carbocycles. The van der Waals surface area contributed by atoms with E-state index in [2.05, 4.69) is 21.0 Å². The number of aromatic nitrogens is 4. The summed E-state index contributed by atoms with van der Waals surface area (Å²) in [5, 5.41) is 10.9. The average Bonchev–Trinajstić information content (AvgIpc) is 2.63. The molecule has 9 heteroatoms. The minimum Gasteiger partial charge on any atom is -0.383 e. The molecule has 3 N–H and O–H groups in total. The molecule has 1 unspecified atom stereocenters. The van der Waals surface area contributed by atoms with Gasteiger partial charge in [-0.3, -0.25) is 10.2 Å². The molecule has 0 aliphatic rings. The molecule has 1 aromatic heterocycles. The minimum absolute atomic E-state index is 0.237. The third-order valence-electron chi connectivity index (χ3n) is 1.58. The monoisotopic (exact) mass is 232 g/mol. The van der Waals surface area contributed by atoms with Gasteiger partial charge in [0, 0.05) is 14.2 Å². The number of ether oxygens (including phenoxy) is 1. The van der Waals surface area contributed by atoms with Crippen LogP contribution < -0.4 is 11.3 Å². The van der Waals surface area contributed by atoms with Gasteiger partial charge in [0.05, 0.1) is 6.61 Å². The van der Waals surface area contributed by atoms with E-state index >= 15 is 0 Å². The Morgan fingerprint density at radius 3 is 3.00 bits per heavy atom. The zero-order chi connectivity index (χ0) is 11.3. The van der Waals surface area contributed by atoms with Crippen molar-refractivity contribution in [2.24, 2.45) is 12.9 Å². The largest absolute Gasteiger partial charge is 0.383 e. The summed E-state index contributed by atoms with van der Waals surface area (Å²) < 4.78 is 6.37. The third-order valence-corrected chi connectivity index (χ3v) is 2.77. The zero-order valence-electron chi connectivity index (χ0n) is 8.38. The molecule has 0 aromatic carbocycles. The Morgan fingerprint density at radius 1 is 1.80 bits per heavy atom. The van der Waals surface area contributed by atoms with Gasteiger partial charge in [0.2, 0.25) is 11.1 Å². The Kier molecular flexibility index (Phi) is 4.46. The molecule has 1 heterocycles. The summed E-state index contributed by atoms with van der Waals surface area (Å²) in [4.78, 5) is 11.3. The van der Waals surface area contributed by atoms with Crippen LogP contribution in [-0.4, -0.2) is 45.1 Å². The van der Waals surface area contributed by atoms with Crippen LogP contribution in [0.1, 0.15) is 0 Å². The van der Waals surface area contributed by atoms with Crippen LogP contribution >= 0.6 is 11.8 Å². The van der Waals surface area contributed by atoms with E-state index in [-0.39, 0.29) is 12.5 Å². The zero-order valence-corrected chi connectivity index (χ0v) is 9.19. The van der Waals surface area contributed by atoms with Gasteiger partial charge in [-0.05, 0) is 10.4 Å².